The maximum absolute atomic E-state index is 13.2. The number of sulfonamides is 1. The van der Waals surface area contributed by atoms with E-state index in [0.717, 1.165) is 29.3 Å². The zero-order valence-electron chi connectivity index (χ0n) is 21.0. The summed E-state index contributed by atoms with van der Waals surface area (Å²) in [6.45, 7) is 1.69. The molecule has 8 nitrogen and oxygen atoms in total. The lowest BCUT2D eigenvalue weighted by Crippen LogP contribution is -2.55. The van der Waals surface area contributed by atoms with Crippen LogP contribution in [0.25, 0.3) is 10.8 Å². The van der Waals surface area contributed by atoms with E-state index in [-0.39, 0.29) is 29.3 Å². The fourth-order valence-electron chi connectivity index (χ4n) is 5.25. The van der Waals surface area contributed by atoms with Crippen molar-refractivity contribution in [2.75, 3.05) is 31.5 Å². The van der Waals surface area contributed by atoms with Gasteiger partial charge in [-0.2, -0.15) is 4.72 Å². The first-order valence-electron chi connectivity index (χ1n) is 12.9. The summed E-state index contributed by atoms with van der Waals surface area (Å²) >= 11 is 6.03. The molecule has 2 unspecified atom stereocenters. The second-order valence-electron chi connectivity index (χ2n) is 9.86. The van der Waals surface area contributed by atoms with Crippen LogP contribution in [-0.4, -0.2) is 68.3 Å². The number of hydrogen-bond donors (Lipinski definition) is 2. The van der Waals surface area contributed by atoms with Gasteiger partial charge in [-0.15, -0.1) is 0 Å². The minimum Gasteiger partial charge on any atom is -0.383 e. The molecule has 0 aliphatic carbocycles. The predicted octanol–water partition coefficient (Wildman–Crippen LogP) is 3.87. The third kappa shape index (κ3) is 5.95. The Morgan fingerprint density at radius 2 is 1.68 bits per heavy atom. The molecule has 0 spiro atoms. The van der Waals surface area contributed by atoms with E-state index in [1.165, 1.54) is 11.0 Å². The summed E-state index contributed by atoms with van der Waals surface area (Å²) in [5.41, 5.74) is 1.00. The lowest BCUT2D eigenvalue weighted by atomic mass is 10.1. The van der Waals surface area contributed by atoms with Gasteiger partial charge in [-0.3, -0.25) is 9.59 Å². The molecule has 38 heavy (non-hydrogen) atoms. The number of carbonyl (C=O) groups is 2. The van der Waals surface area contributed by atoms with Crippen molar-refractivity contribution in [3.05, 3.63) is 71.8 Å². The Morgan fingerprint density at radius 1 is 0.947 bits per heavy atom. The summed E-state index contributed by atoms with van der Waals surface area (Å²) in [7, 11) is -3.94. The molecule has 10 heteroatoms. The van der Waals surface area contributed by atoms with Gasteiger partial charge in [-0.05, 0) is 72.9 Å². The lowest BCUT2D eigenvalue weighted by molar-refractivity contribution is -0.143. The number of fused-ring (bicyclic) bond motifs is 1. The number of hydrogen-bond acceptors (Lipinski definition) is 5. The van der Waals surface area contributed by atoms with Crippen LogP contribution < -0.4 is 10.0 Å². The average Bonchev–Trinajstić information content (AvgIpc) is 3.39. The first-order chi connectivity index (χ1) is 18.3. The van der Waals surface area contributed by atoms with Crippen LogP contribution in [0.3, 0.4) is 0 Å². The second kappa shape index (κ2) is 11.3. The zero-order valence-corrected chi connectivity index (χ0v) is 22.5. The van der Waals surface area contributed by atoms with Gasteiger partial charge in [-0.1, -0.05) is 41.9 Å². The van der Waals surface area contributed by atoms with Gasteiger partial charge in [-0.25, -0.2) is 8.42 Å². The van der Waals surface area contributed by atoms with Crippen molar-refractivity contribution in [1.82, 2.24) is 14.5 Å². The predicted molar refractivity (Wildman–Crippen MR) is 149 cm³/mol. The quantitative estimate of drug-likeness (QED) is 0.440. The molecule has 0 aromatic heterocycles. The van der Waals surface area contributed by atoms with Crippen LogP contribution >= 0.6 is 11.6 Å². The normalized spacial score (nSPS) is 20.2. The number of nitrogens with one attached hydrogen (secondary N) is 2. The number of piperidine rings is 1. The van der Waals surface area contributed by atoms with Gasteiger partial charge >= 0.3 is 0 Å². The average molecular weight is 555 g/mol. The second-order valence-corrected chi connectivity index (χ2v) is 12.0. The first kappa shape index (κ1) is 26.5. The highest BCUT2D eigenvalue weighted by atomic mass is 35.5. The Hall–Kier alpha value is -3.14. The minimum absolute atomic E-state index is 0.0460. The van der Waals surface area contributed by atoms with Gasteiger partial charge in [0.2, 0.25) is 21.8 Å². The number of likely N-dealkylation sites (tertiary alicyclic amines) is 2. The molecule has 2 aliphatic rings. The summed E-state index contributed by atoms with van der Waals surface area (Å²) in [5.74, 6) is -0.466. The van der Waals surface area contributed by atoms with Crippen LogP contribution in [0.1, 0.15) is 25.7 Å². The SMILES string of the molecule is O=C1C(NS(=O)(=O)c2ccc3cc(Cl)ccc3c2)CCCN1CC(=O)N1CCCC1CNc1ccccc1. The van der Waals surface area contributed by atoms with Crippen LogP contribution in [0.2, 0.25) is 5.02 Å². The molecule has 5 rings (SSSR count). The topological polar surface area (TPSA) is 98.8 Å². The maximum atomic E-state index is 13.2. The Morgan fingerprint density at radius 3 is 2.50 bits per heavy atom. The molecule has 2 aliphatic heterocycles. The van der Waals surface area contributed by atoms with E-state index in [9.17, 15) is 18.0 Å². The van der Waals surface area contributed by atoms with Crippen molar-refractivity contribution in [3.8, 4) is 0 Å². The molecule has 2 heterocycles. The highest BCUT2D eigenvalue weighted by Crippen LogP contribution is 2.24. The molecule has 200 valence electrons. The number of halogens is 1. The Bertz CT molecular complexity index is 1430. The fourth-order valence-corrected chi connectivity index (χ4v) is 6.68. The van der Waals surface area contributed by atoms with Gasteiger partial charge in [0, 0.05) is 36.4 Å². The molecule has 0 radical (unpaired) electrons. The van der Waals surface area contributed by atoms with Gasteiger partial charge in [0.1, 0.15) is 6.04 Å². The van der Waals surface area contributed by atoms with Crippen molar-refractivity contribution in [2.24, 2.45) is 0 Å². The number of nitrogens with zero attached hydrogens (tertiary/aromatic N) is 2. The van der Waals surface area contributed by atoms with Gasteiger partial charge in [0.05, 0.1) is 11.4 Å². The Balaban J connectivity index is 1.21. The number of anilines is 1. The summed E-state index contributed by atoms with van der Waals surface area (Å²) in [5, 5.41) is 5.52. The maximum Gasteiger partial charge on any atom is 0.242 e. The standard InChI is InChI=1S/C28H31ClN4O4S/c29-22-12-10-21-17-25(13-11-20(21)16-22)38(36,37)31-26-9-5-14-32(28(26)35)19-27(34)33-15-4-8-24(33)18-30-23-6-2-1-3-7-23/h1-3,6-7,10-13,16-17,24,26,30-31H,4-5,8-9,14-15,18-19H2. The molecule has 0 bridgehead atoms. The van der Waals surface area contributed by atoms with Gasteiger partial charge < -0.3 is 15.1 Å². The first-order valence-corrected chi connectivity index (χ1v) is 14.7. The van der Waals surface area contributed by atoms with E-state index >= 15 is 0 Å². The van der Waals surface area contributed by atoms with Crippen molar-refractivity contribution < 1.29 is 18.0 Å². The van der Waals surface area contributed by atoms with Crippen LogP contribution in [0, 0.1) is 0 Å². The number of benzene rings is 3. The monoisotopic (exact) mass is 554 g/mol. The minimum atomic E-state index is -3.94. The number of carbonyl (C=O) groups excluding carboxylic acids is 2. The van der Waals surface area contributed by atoms with Crippen LogP contribution in [-0.2, 0) is 19.6 Å². The van der Waals surface area contributed by atoms with E-state index < -0.39 is 16.1 Å². The number of para-hydroxylation sites is 1. The largest absolute Gasteiger partial charge is 0.383 e. The third-order valence-corrected chi connectivity index (χ3v) is 8.96. The summed E-state index contributed by atoms with van der Waals surface area (Å²) in [6, 6.07) is 19.0. The summed E-state index contributed by atoms with van der Waals surface area (Å²) in [4.78, 5) is 29.8. The summed E-state index contributed by atoms with van der Waals surface area (Å²) < 4.78 is 28.9. The van der Waals surface area contributed by atoms with Crippen molar-refractivity contribution in [2.45, 2.75) is 42.7 Å². The van der Waals surface area contributed by atoms with Crippen molar-refractivity contribution >= 4 is 49.9 Å². The van der Waals surface area contributed by atoms with Crippen LogP contribution in [0.15, 0.2) is 71.6 Å². The number of amides is 2. The Kier molecular flexibility index (Phi) is 7.88. The lowest BCUT2D eigenvalue weighted by Gasteiger charge is -2.34. The molecular formula is C28H31ClN4O4S. The smallest absolute Gasteiger partial charge is 0.242 e. The molecule has 2 fully saturated rings. The molecular weight excluding hydrogens is 524 g/mol. The van der Waals surface area contributed by atoms with E-state index in [1.807, 2.05) is 35.2 Å². The highest BCUT2D eigenvalue weighted by molar-refractivity contribution is 7.89. The zero-order chi connectivity index (χ0) is 26.7. The van der Waals surface area contributed by atoms with Crippen LogP contribution in [0.5, 0.6) is 0 Å². The molecule has 2 N–H and O–H groups in total. The molecule has 3 aromatic carbocycles. The molecule has 3 aromatic rings. The van der Waals surface area contributed by atoms with E-state index in [0.29, 0.717) is 37.5 Å². The highest BCUT2D eigenvalue weighted by Gasteiger charge is 2.36. The van der Waals surface area contributed by atoms with Gasteiger partial charge in [0.25, 0.3) is 0 Å². The van der Waals surface area contributed by atoms with E-state index in [4.69, 9.17) is 11.6 Å². The number of rotatable bonds is 8. The van der Waals surface area contributed by atoms with E-state index in [2.05, 4.69) is 10.0 Å². The van der Waals surface area contributed by atoms with Crippen LogP contribution in [0.4, 0.5) is 5.69 Å². The Labute approximate surface area is 228 Å². The van der Waals surface area contributed by atoms with Crippen molar-refractivity contribution in [1.29, 1.82) is 0 Å². The molecule has 2 atom stereocenters. The van der Waals surface area contributed by atoms with Gasteiger partial charge in [0.15, 0.2) is 0 Å². The third-order valence-electron chi connectivity index (χ3n) is 7.25. The molecule has 2 saturated heterocycles. The van der Waals surface area contributed by atoms with E-state index in [1.54, 1.807) is 30.3 Å². The molecule has 2 amide bonds. The van der Waals surface area contributed by atoms with Crippen molar-refractivity contribution in [3.63, 3.8) is 0 Å². The summed E-state index contributed by atoms with van der Waals surface area (Å²) in [6.07, 6.45) is 2.82. The fraction of sp³-hybridized carbons (Fsp3) is 0.357. The molecule has 0 saturated carbocycles.